The van der Waals surface area contributed by atoms with Crippen molar-refractivity contribution in [1.82, 2.24) is 5.32 Å². The van der Waals surface area contributed by atoms with Gasteiger partial charge in [0.1, 0.15) is 6.04 Å². The van der Waals surface area contributed by atoms with Crippen LogP contribution in [0.1, 0.15) is 32.1 Å². The van der Waals surface area contributed by atoms with Crippen LogP contribution in [0.5, 0.6) is 0 Å². The number of carboxylic acid groups (broad SMARTS) is 1. The number of aliphatic hydroxyl groups is 1. The average molecular weight is 244 g/mol. The zero-order valence-corrected chi connectivity index (χ0v) is 9.76. The van der Waals surface area contributed by atoms with Crippen LogP contribution < -0.4 is 11.1 Å². The van der Waals surface area contributed by atoms with Gasteiger partial charge in [0.05, 0.1) is 12.5 Å². The Morgan fingerprint density at radius 1 is 1.29 bits per heavy atom. The highest BCUT2D eigenvalue weighted by molar-refractivity contribution is 5.85. The first-order valence-corrected chi connectivity index (χ1v) is 5.96. The molecule has 0 bridgehead atoms. The number of nitrogens with two attached hydrogens (primary N) is 1. The molecule has 0 aromatic carbocycles. The predicted molar refractivity (Wildman–Crippen MR) is 61.2 cm³/mol. The van der Waals surface area contributed by atoms with Gasteiger partial charge in [-0.25, -0.2) is 4.79 Å². The first-order chi connectivity index (χ1) is 8.06. The quantitative estimate of drug-likeness (QED) is 0.496. The summed E-state index contributed by atoms with van der Waals surface area (Å²) in [6.45, 7) is -0.608. The molecule has 1 saturated carbocycles. The molecule has 5 N–H and O–H groups in total. The van der Waals surface area contributed by atoms with Gasteiger partial charge in [-0.1, -0.05) is 19.3 Å². The molecule has 1 aliphatic rings. The lowest BCUT2D eigenvalue weighted by Gasteiger charge is -2.22. The van der Waals surface area contributed by atoms with E-state index >= 15 is 0 Å². The summed E-state index contributed by atoms with van der Waals surface area (Å²) in [6.07, 6.45) is 4.47. The molecule has 6 heteroatoms. The highest BCUT2D eigenvalue weighted by Gasteiger charge is 2.29. The third-order valence-corrected chi connectivity index (χ3v) is 3.20. The van der Waals surface area contributed by atoms with E-state index in [1.165, 1.54) is 0 Å². The molecule has 6 nitrogen and oxygen atoms in total. The number of hydrogen-bond acceptors (Lipinski definition) is 4. The molecule has 0 saturated heterocycles. The van der Waals surface area contributed by atoms with Gasteiger partial charge in [0, 0.05) is 6.04 Å². The number of amides is 1. The van der Waals surface area contributed by atoms with E-state index in [0.29, 0.717) is 6.42 Å². The van der Waals surface area contributed by atoms with Gasteiger partial charge in [0.2, 0.25) is 5.91 Å². The summed E-state index contributed by atoms with van der Waals surface area (Å²) in [5.41, 5.74) is 5.90. The molecule has 0 aliphatic heterocycles. The summed E-state index contributed by atoms with van der Waals surface area (Å²) in [5.74, 6) is -1.94. The Labute approximate surface area is 100 Å². The van der Waals surface area contributed by atoms with Crippen molar-refractivity contribution in [3.8, 4) is 0 Å². The van der Waals surface area contributed by atoms with Crippen LogP contribution in [0.4, 0.5) is 0 Å². The zero-order chi connectivity index (χ0) is 12.8. The van der Waals surface area contributed by atoms with Gasteiger partial charge in [0.15, 0.2) is 0 Å². The lowest BCUT2D eigenvalue weighted by molar-refractivity contribution is -0.143. The number of carbonyl (C=O) groups is 2. The van der Waals surface area contributed by atoms with Crippen molar-refractivity contribution in [1.29, 1.82) is 0 Å². The molecule has 0 heterocycles. The Bertz CT molecular complexity index is 283. The summed E-state index contributed by atoms with van der Waals surface area (Å²) in [6, 6.07) is -1.46. The van der Waals surface area contributed by atoms with E-state index in [-0.39, 0.29) is 17.9 Å². The fourth-order valence-electron chi connectivity index (χ4n) is 2.13. The van der Waals surface area contributed by atoms with Crippen LogP contribution in [-0.2, 0) is 9.59 Å². The van der Waals surface area contributed by atoms with E-state index in [9.17, 15) is 9.59 Å². The van der Waals surface area contributed by atoms with Crippen molar-refractivity contribution in [3.05, 3.63) is 0 Å². The minimum Gasteiger partial charge on any atom is -0.480 e. The van der Waals surface area contributed by atoms with Gasteiger partial charge in [0.25, 0.3) is 0 Å². The number of rotatable bonds is 4. The third kappa shape index (κ3) is 3.98. The largest absolute Gasteiger partial charge is 0.480 e. The third-order valence-electron chi connectivity index (χ3n) is 3.20. The number of aliphatic carboxylic acids is 1. The fourth-order valence-corrected chi connectivity index (χ4v) is 2.13. The molecule has 1 aliphatic carbocycles. The maximum Gasteiger partial charge on any atom is 0.328 e. The van der Waals surface area contributed by atoms with Crippen LogP contribution in [0.2, 0.25) is 0 Å². The molecular formula is C11H20N2O4. The molecule has 1 amide bonds. The van der Waals surface area contributed by atoms with Crippen molar-refractivity contribution >= 4 is 11.9 Å². The number of aliphatic hydroxyl groups excluding tert-OH is 1. The van der Waals surface area contributed by atoms with Crippen LogP contribution in [-0.4, -0.2) is 40.8 Å². The number of carboxylic acids is 1. The zero-order valence-electron chi connectivity index (χ0n) is 9.76. The minimum absolute atomic E-state index is 0.217. The second-order valence-electron chi connectivity index (χ2n) is 4.49. The molecule has 0 aromatic rings. The van der Waals surface area contributed by atoms with Crippen molar-refractivity contribution in [2.75, 3.05) is 6.61 Å². The molecular weight excluding hydrogens is 224 g/mol. The maximum atomic E-state index is 11.9. The van der Waals surface area contributed by atoms with Crippen molar-refractivity contribution in [3.63, 3.8) is 0 Å². The van der Waals surface area contributed by atoms with Gasteiger partial charge < -0.3 is 21.3 Å². The Balaban J connectivity index is 2.58. The lowest BCUT2D eigenvalue weighted by atomic mass is 9.94. The van der Waals surface area contributed by atoms with Crippen LogP contribution in [0.15, 0.2) is 0 Å². The van der Waals surface area contributed by atoms with Gasteiger partial charge in [-0.15, -0.1) is 0 Å². The summed E-state index contributed by atoms with van der Waals surface area (Å²) in [5, 5.41) is 19.9. The van der Waals surface area contributed by atoms with Crippen LogP contribution in [0, 0.1) is 5.92 Å². The topological polar surface area (TPSA) is 113 Å². The summed E-state index contributed by atoms with van der Waals surface area (Å²) < 4.78 is 0. The number of hydrogen-bond donors (Lipinski definition) is 4. The summed E-state index contributed by atoms with van der Waals surface area (Å²) in [4.78, 5) is 22.6. The second kappa shape index (κ2) is 6.56. The SMILES string of the molecule is NC1CCCCCC1C(=O)N[C@@H](CO)C(=O)O. The summed E-state index contributed by atoms with van der Waals surface area (Å²) >= 11 is 0. The van der Waals surface area contributed by atoms with Gasteiger partial charge >= 0.3 is 5.97 Å². The molecule has 0 spiro atoms. The lowest BCUT2D eigenvalue weighted by Crippen LogP contribution is -2.49. The molecule has 1 rings (SSSR count). The van der Waals surface area contributed by atoms with Crippen LogP contribution in [0.3, 0.4) is 0 Å². The van der Waals surface area contributed by atoms with Gasteiger partial charge in [-0.05, 0) is 12.8 Å². The van der Waals surface area contributed by atoms with Crippen LogP contribution >= 0.6 is 0 Å². The van der Waals surface area contributed by atoms with Crippen LogP contribution in [0.25, 0.3) is 0 Å². The van der Waals surface area contributed by atoms with E-state index in [2.05, 4.69) is 5.32 Å². The Hall–Kier alpha value is -1.14. The van der Waals surface area contributed by atoms with E-state index < -0.39 is 18.6 Å². The molecule has 2 unspecified atom stereocenters. The molecule has 0 aromatic heterocycles. The fraction of sp³-hybridized carbons (Fsp3) is 0.818. The van der Waals surface area contributed by atoms with Gasteiger partial charge in [-0.3, -0.25) is 4.79 Å². The second-order valence-corrected chi connectivity index (χ2v) is 4.49. The Kier molecular flexibility index (Phi) is 5.37. The highest BCUT2D eigenvalue weighted by atomic mass is 16.4. The molecule has 0 radical (unpaired) electrons. The molecule has 98 valence electrons. The number of nitrogens with one attached hydrogen (secondary N) is 1. The van der Waals surface area contributed by atoms with E-state index in [4.69, 9.17) is 15.9 Å². The average Bonchev–Trinajstić information content (AvgIpc) is 2.50. The van der Waals surface area contributed by atoms with E-state index in [1.54, 1.807) is 0 Å². The number of carbonyl (C=O) groups excluding carboxylic acids is 1. The first-order valence-electron chi connectivity index (χ1n) is 5.96. The standard InChI is InChI=1S/C11H20N2O4/c12-8-5-3-1-2-4-7(8)10(15)13-9(6-14)11(16)17/h7-9,14H,1-6,12H2,(H,13,15)(H,16,17)/t7?,8?,9-/m0/s1. The molecule has 3 atom stereocenters. The minimum atomic E-state index is -1.24. The monoisotopic (exact) mass is 244 g/mol. The Morgan fingerprint density at radius 3 is 2.53 bits per heavy atom. The molecule has 1 fully saturated rings. The van der Waals surface area contributed by atoms with E-state index in [0.717, 1.165) is 25.7 Å². The summed E-state index contributed by atoms with van der Waals surface area (Å²) in [7, 11) is 0. The van der Waals surface area contributed by atoms with Crippen molar-refractivity contribution < 1.29 is 19.8 Å². The molecule has 17 heavy (non-hydrogen) atoms. The van der Waals surface area contributed by atoms with Gasteiger partial charge in [-0.2, -0.15) is 0 Å². The normalized spacial score (nSPS) is 26.9. The smallest absolute Gasteiger partial charge is 0.328 e. The maximum absolute atomic E-state index is 11.9. The predicted octanol–water partition coefficient (Wildman–Crippen LogP) is -0.544. The highest BCUT2D eigenvalue weighted by Crippen LogP contribution is 2.22. The first kappa shape index (κ1) is 13.9. The van der Waals surface area contributed by atoms with Crippen molar-refractivity contribution in [2.24, 2.45) is 11.7 Å². The van der Waals surface area contributed by atoms with E-state index in [1.807, 2.05) is 0 Å². The van der Waals surface area contributed by atoms with Crippen molar-refractivity contribution in [2.45, 2.75) is 44.2 Å². The Morgan fingerprint density at radius 2 is 1.94 bits per heavy atom.